The molecule has 1 saturated heterocycles. The molecular weight excluding hydrogens is 881 g/mol. The van der Waals surface area contributed by atoms with Gasteiger partial charge in [-0.3, -0.25) is 4.98 Å². The van der Waals surface area contributed by atoms with Gasteiger partial charge in [0.05, 0.1) is 36.3 Å². The molecule has 1 aliphatic rings. The van der Waals surface area contributed by atoms with Crippen LogP contribution in [0.25, 0.3) is 33.3 Å². The monoisotopic (exact) mass is 942 g/mol. The Morgan fingerprint density at radius 1 is 0.913 bits per heavy atom. The van der Waals surface area contributed by atoms with Gasteiger partial charge in [0.15, 0.2) is 0 Å². The Morgan fingerprint density at radius 2 is 1.67 bits per heavy atom. The van der Waals surface area contributed by atoms with Gasteiger partial charge in [-0.1, -0.05) is 85.6 Å². The van der Waals surface area contributed by atoms with E-state index < -0.39 is 41.4 Å². The highest BCUT2D eigenvalue weighted by atomic mass is 16.6. The number of aromatic nitrogens is 5. The number of esters is 1. The number of nitrogens with one attached hydrogen (secondary N) is 1. The highest BCUT2D eigenvalue weighted by Gasteiger charge is 2.51. The van der Waals surface area contributed by atoms with E-state index in [1.165, 1.54) is 7.11 Å². The fourth-order valence-electron chi connectivity index (χ4n) is 9.61. The number of benzene rings is 3. The van der Waals surface area contributed by atoms with Crippen LogP contribution >= 0.6 is 0 Å². The Morgan fingerprint density at radius 3 is 2.36 bits per heavy atom. The number of hydrazine groups is 1. The summed E-state index contributed by atoms with van der Waals surface area (Å²) in [5, 5.41) is 35.5. The van der Waals surface area contributed by atoms with E-state index in [0.29, 0.717) is 44.3 Å². The molecule has 1 fully saturated rings. The smallest absolute Gasteiger partial charge is 0.427 e. The minimum atomic E-state index is -1.36. The zero-order valence-corrected chi connectivity index (χ0v) is 40.3. The number of nitrogens with zero attached hydrogens (tertiary/aromatic N) is 7. The summed E-state index contributed by atoms with van der Waals surface area (Å²) >= 11 is 0. The first kappa shape index (κ1) is 49.6. The van der Waals surface area contributed by atoms with Crippen LogP contribution in [0.15, 0.2) is 97.3 Å². The molecule has 3 aromatic heterocycles. The Bertz CT molecular complexity index is 2790. The van der Waals surface area contributed by atoms with Crippen LogP contribution in [0.5, 0.6) is 0 Å². The highest BCUT2D eigenvalue weighted by molar-refractivity contribution is 5.95. The molecule has 2 unspecified atom stereocenters. The first-order valence-corrected chi connectivity index (χ1v) is 23.4. The Labute approximate surface area is 402 Å². The van der Waals surface area contributed by atoms with Gasteiger partial charge in [-0.15, -0.1) is 5.10 Å². The highest BCUT2D eigenvalue weighted by Crippen LogP contribution is 2.44. The lowest BCUT2D eigenvalue weighted by atomic mass is 9.82. The van der Waals surface area contributed by atoms with E-state index in [9.17, 15) is 29.4 Å². The molecule has 17 heteroatoms. The summed E-state index contributed by atoms with van der Waals surface area (Å²) in [6, 6.07) is 26.4. The molecule has 69 heavy (non-hydrogen) atoms. The molecule has 17 nitrogen and oxygen atoms in total. The largest absolute Gasteiger partial charge is 0.467 e. The number of unbranched alkanes of at least 4 members (excludes halogenated alkanes) is 1. The molecule has 3 atom stereocenters. The summed E-state index contributed by atoms with van der Waals surface area (Å²) in [5.74, 6) is -0.604. The summed E-state index contributed by atoms with van der Waals surface area (Å²) in [5.41, 5.74) is 6.45. The van der Waals surface area contributed by atoms with Crippen molar-refractivity contribution in [2.24, 2.45) is 0 Å². The minimum Gasteiger partial charge on any atom is -0.467 e. The van der Waals surface area contributed by atoms with Crippen LogP contribution in [-0.2, 0) is 56.1 Å². The average Bonchev–Trinajstić information content (AvgIpc) is 3.99. The number of carbonyl (C=O) groups excluding carboxylic acids is 2. The molecule has 0 aliphatic carbocycles. The maximum Gasteiger partial charge on any atom is 0.427 e. The maximum atomic E-state index is 13.0. The number of carbonyl (C=O) groups is 4. The normalized spacial score (nSPS) is 16.0. The van der Waals surface area contributed by atoms with Crippen molar-refractivity contribution < 1.29 is 43.6 Å². The van der Waals surface area contributed by atoms with E-state index >= 15 is 0 Å². The fraction of sp³-hybridized carbons (Fsp3) is 0.404. The van der Waals surface area contributed by atoms with Crippen molar-refractivity contribution in [2.75, 3.05) is 20.8 Å². The van der Waals surface area contributed by atoms with Crippen molar-refractivity contribution in [3.63, 3.8) is 0 Å². The summed E-state index contributed by atoms with van der Waals surface area (Å²) < 4.78 is 20.4. The molecule has 6 aromatic rings. The van der Waals surface area contributed by atoms with Gasteiger partial charge >= 0.3 is 24.2 Å². The van der Waals surface area contributed by atoms with Crippen molar-refractivity contribution in [1.82, 2.24) is 39.9 Å². The third-order valence-corrected chi connectivity index (χ3v) is 13.2. The third kappa shape index (κ3) is 10.4. The Kier molecular flexibility index (Phi) is 15.4. The number of aryl methyl sites for hydroxylation is 1. The van der Waals surface area contributed by atoms with E-state index in [4.69, 9.17) is 19.2 Å². The fourth-order valence-corrected chi connectivity index (χ4v) is 9.61. The number of amides is 3. The van der Waals surface area contributed by atoms with Crippen molar-refractivity contribution >= 4 is 35.2 Å². The van der Waals surface area contributed by atoms with Crippen molar-refractivity contribution in [3.05, 3.63) is 125 Å². The average molecular weight is 943 g/mol. The number of alkyl carbamates (subject to hydrolysis) is 1. The van der Waals surface area contributed by atoms with E-state index in [1.807, 2.05) is 74.5 Å². The number of pyridine rings is 1. The van der Waals surface area contributed by atoms with Gasteiger partial charge in [0.1, 0.15) is 23.9 Å². The molecule has 0 spiro atoms. The van der Waals surface area contributed by atoms with Gasteiger partial charge < -0.3 is 34.3 Å². The lowest BCUT2D eigenvalue weighted by Gasteiger charge is -2.48. The van der Waals surface area contributed by atoms with E-state index in [-0.39, 0.29) is 25.7 Å². The number of rotatable bonds is 18. The molecule has 0 saturated carbocycles. The van der Waals surface area contributed by atoms with Crippen molar-refractivity contribution in [1.29, 1.82) is 0 Å². The van der Waals surface area contributed by atoms with Gasteiger partial charge in [0.2, 0.25) is 0 Å². The summed E-state index contributed by atoms with van der Waals surface area (Å²) in [4.78, 5) is 56.1. The third-order valence-electron chi connectivity index (χ3n) is 13.2. The van der Waals surface area contributed by atoms with E-state index in [2.05, 4.69) is 65.2 Å². The molecule has 0 bridgehead atoms. The van der Waals surface area contributed by atoms with Crippen LogP contribution in [0.4, 0.5) is 14.4 Å². The number of fused-ring (bicyclic) bond motifs is 1. The van der Waals surface area contributed by atoms with Gasteiger partial charge in [-0.25, -0.2) is 33.9 Å². The summed E-state index contributed by atoms with van der Waals surface area (Å²) in [6.07, 6.45) is 3.02. The van der Waals surface area contributed by atoms with Gasteiger partial charge in [0, 0.05) is 49.3 Å². The molecule has 364 valence electrons. The van der Waals surface area contributed by atoms with Crippen LogP contribution in [0.3, 0.4) is 0 Å². The van der Waals surface area contributed by atoms with Crippen LogP contribution in [0, 0.1) is 0 Å². The van der Waals surface area contributed by atoms with Crippen LogP contribution < -0.4 is 5.32 Å². The van der Waals surface area contributed by atoms with Crippen LogP contribution in [0.1, 0.15) is 101 Å². The second-order valence-corrected chi connectivity index (χ2v) is 18.1. The van der Waals surface area contributed by atoms with E-state index in [0.717, 1.165) is 72.1 Å². The molecule has 3 N–H and O–H groups in total. The van der Waals surface area contributed by atoms with Crippen LogP contribution in [0.2, 0.25) is 0 Å². The van der Waals surface area contributed by atoms with Crippen molar-refractivity contribution in [3.8, 4) is 22.4 Å². The molecule has 7 rings (SSSR count). The maximum absolute atomic E-state index is 13.0. The first-order chi connectivity index (χ1) is 33.2. The first-order valence-electron chi connectivity index (χ1n) is 23.4. The predicted molar refractivity (Wildman–Crippen MR) is 259 cm³/mol. The van der Waals surface area contributed by atoms with Gasteiger partial charge in [0.25, 0.3) is 0 Å². The quantitative estimate of drug-likeness (QED) is 0.0690. The Balaban J connectivity index is 1.30. The number of ether oxygens (including phenoxy) is 3. The lowest BCUT2D eigenvalue weighted by molar-refractivity contribution is -0.143. The van der Waals surface area contributed by atoms with E-state index in [1.54, 1.807) is 24.2 Å². The molecule has 4 heterocycles. The lowest BCUT2D eigenvalue weighted by Crippen LogP contribution is -2.62. The zero-order valence-electron chi connectivity index (χ0n) is 40.3. The minimum absolute atomic E-state index is 0.0469. The number of carboxylic acid groups (broad SMARTS) is 2. The molecule has 3 aromatic carbocycles. The predicted octanol–water partition coefficient (Wildman–Crippen LogP) is 9.73. The number of hydrogen-bond acceptors (Lipinski definition) is 10. The standard InChI is InChI=1S/C52H62N8O9/c1-8-10-24-52(25-16-27-58(49(63)64)60(52)50(65)66)44-32-59(56-55-44)51(4,5)31-41-40-30-38(22-23-43(40)57(9-2)46(41)39-21-15-26-53-45(39)34(3)67-6)37-20-14-19-36(28-37)29-42(47(61)68-7)54-48(62)69-33-35-17-12-11-13-18-35/h11-15,17-23,26,28,30,32,34,42H,8-10,16,24-25,27,29,31,33H2,1-7H3,(H,54,62)(H,63,64)(H,65,66)/t34-,42?,52?/m0/s1. The van der Waals surface area contributed by atoms with Crippen molar-refractivity contribution in [2.45, 2.75) is 116 Å². The molecule has 1 aliphatic heterocycles. The Hall–Kier alpha value is -7.27. The number of hydrogen-bond donors (Lipinski definition) is 3. The topological polar surface area (TPSA) is 203 Å². The molecule has 0 radical (unpaired) electrons. The molecule has 3 amide bonds. The molecular formula is C52H62N8O9. The number of methoxy groups -OCH3 is 2. The summed E-state index contributed by atoms with van der Waals surface area (Å²) in [7, 11) is 2.94. The van der Waals surface area contributed by atoms with Crippen LogP contribution in [-0.4, -0.2) is 95.8 Å². The SMILES string of the molecule is CCCCC1(c2cn(C(C)(C)Cc3c(-c4cccnc4[C@H](C)OC)n(CC)c4ccc(-c5cccc(CC(NC(=O)OCc6ccccc6)C(=O)OC)c5)cc34)nn2)CCCN(C(=O)O)N1C(=O)O. The zero-order chi connectivity index (χ0) is 49.5. The second kappa shape index (κ2) is 21.4. The second-order valence-electron chi connectivity index (χ2n) is 18.1. The van der Waals surface area contributed by atoms with Gasteiger partial charge in [-0.2, -0.15) is 0 Å². The summed E-state index contributed by atoms with van der Waals surface area (Å²) in [6.45, 7) is 10.9. The van der Waals surface area contributed by atoms with Gasteiger partial charge in [-0.05, 0) is 105 Å².